The molecule has 116 valence electrons. The van der Waals surface area contributed by atoms with Crippen molar-refractivity contribution in [2.75, 3.05) is 23.9 Å². The Hall–Kier alpha value is -2.82. The second kappa shape index (κ2) is 5.43. The maximum atomic E-state index is 4.45. The summed E-state index contributed by atoms with van der Waals surface area (Å²) >= 11 is 0. The molecule has 0 spiro atoms. The third kappa shape index (κ3) is 2.08. The molecule has 0 saturated heterocycles. The number of hydrogen-bond donors (Lipinski definition) is 1. The molecule has 3 aromatic rings. The number of hydrogen-bond acceptors (Lipinski definition) is 4. The van der Waals surface area contributed by atoms with E-state index in [1.807, 2.05) is 7.05 Å². The van der Waals surface area contributed by atoms with E-state index in [2.05, 4.69) is 76.1 Å². The number of benzene rings is 2. The van der Waals surface area contributed by atoms with E-state index in [9.17, 15) is 0 Å². The van der Waals surface area contributed by atoms with E-state index >= 15 is 0 Å². The van der Waals surface area contributed by atoms with E-state index in [-0.39, 0.29) is 0 Å². The third-order valence-electron chi connectivity index (χ3n) is 4.40. The zero-order chi connectivity index (χ0) is 15.8. The Kier molecular flexibility index (Phi) is 3.26. The minimum atomic E-state index is 0.871. The van der Waals surface area contributed by atoms with Crippen LogP contribution < -0.4 is 10.3 Å². The molecule has 1 aromatic heterocycles. The minimum Gasteiger partial charge on any atom is -0.367 e. The first-order chi connectivity index (χ1) is 11.3. The first-order valence-corrected chi connectivity index (χ1v) is 7.89. The summed E-state index contributed by atoms with van der Waals surface area (Å²) in [6, 6.07) is 16.9. The summed E-state index contributed by atoms with van der Waals surface area (Å²) in [6.45, 7) is 4.01. The zero-order valence-corrected chi connectivity index (χ0v) is 13.3. The Morgan fingerprint density at radius 3 is 2.57 bits per heavy atom. The smallest absolute Gasteiger partial charge is 0.123 e. The predicted molar refractivity (Wildman–Crippen MR) is 92.9 cm³/mol. The fraction of sp³-hybridized carbons (Fsp3) is 0.222. The molecule has 0 amide bonds. The fourth-order valence-corrected chi connectivity index (χ4v) is 3.27. The van der Waals surface area contributed by atoms with Crippen LogP contribution in [0.3, 0.4) is 0 Å². The summed E-state index contributed by atoms with van der Waals surface area (Å²) in [5.74, 6) is 0. The molecule has 2 heterocycles. The number of fused-ring (bicyclic) bond motifs is 5. The average molecular weight is 305 g/mol. The van der Waals surface area contributed by atoms with E-state index in [1.54, 1.807) is 4.79 Å². The molecule has 0 unspecified atom stereocenters. The highest BCUT2D eigenvalue weighted by molar-refractivity contribution is 5.88. The van der Waals surface area contributed by atoms with Gasteiger partial charge in [0, 0.05) is 37.0 Å². The van der Waals surface area contributed by atoms with Crippen LogP contribution >= 0.6 is 0 Å². The van der Waals surface area contributed by atoms with Gasteiger partial charge in [-0.05, 0) is 23.8 Å². The van der Waals surface area contributed by atoms with Gasteiger partial charge in [-0.1, -0.05) is 42.5 Å². The maximum absolute atomic E-state index is 4.45. The molecular formula is C18H19N5. The maximum Gasteiger partial charge on any atom is 0.123 e. The molecular weight excluding hydrogens is 286 g/mol. The zero-order valence-electron chi connectivity index (χ0n) is 13.3. The summed E-state index contributed by atoms with van der Waals surface area (Å²) in [5.41, 5.74) is 9.83. The van der Waals surface area contributed by atoms with Crippen molar-refractivity contribution in [1.82, 2.24) is 15.1 Å². The van der Waals surface area contributed by atoms with Crippen molar-refractivity contribution in [3.8, 4) is 22.5 Å². The van der Waals surface area contributed by atoms with Gasteiger partial charge in [0.05, 0.1) is 0 Å². The summed E-state index contributed by atoms with van der Waals surface area (Å²) in [5, 5.41) is 8.74. The SMILES string of the molecule is CCN1Cc2ccccc2-c2nnn(NC)c2-c2ccccc21. The van der Waals surface area contributed by atoms with Crippen molar-refractivity contribution in [2.24, 2.45) is 0 Å². The molecule has 2 aromatic carbocycles. The lowest BCUT2D eigenvalue weighted by atomic mass is 9.96. The molecule has 0 saturated carbocycles. The Bertz CT molecular complexity index is 852. The molecule has 4 rings (SSSR count). The Labute approximate surface area is 135 Å². The topological polar surface area (TPSA) is 46.0 Å². The monoisotopic (exact) mass is 305 g/mol. The molecule has 23 heavy (non-hydrogen) atoms. The van der Waals surface area contributed by atoms with E-state index < -0.39 is 0 Å². The summed E-state index contributed by atoms with van der Waals surface area (Å²) < 4.78 is 0. The minimum absolute atomic E-state index is 0.871. The normalized spacial score (nSPS) is 12.7. The van der Waals surface area contributed by atoms with Crippen LogP contribution in [0.5, 0.6) is 0 Å². The predicted octanol–water partition coefficient (Wildman–Crippen LogP) is 3.13. The second-order valence-corrected chi connectivity index (χ2v) is 5.61. The molecule has 0 bridgehead atoms. The van der Waals surface area contributed by atoms with Crippen LogP contribution in [0.2, 0.25) is 0 Å². The van der Waals surface area contributed by atoms with E-state index in [0.29, 0.717) is 0 Å². The molecule has 5 nitrogen and oxygen atoms in total. The van der Waals surface area contributed by atoms with Crippen LogP contribution in [-0.2, 0) is 6.54 Å². The molecule has 0 aliphatic carbocycles. The molecule has 0 radical (unpaired) electrons. The largest absolute Gasteiger partial charge is 0.367 e. The van der Waals surface area contributed by atoms with Crippen molar-refractivity contribution in [3.05, 3.63) is 54.1 Å². The first kappa shape index (κ1) is 13.8. The highest BCUT2D eigenvalue weighted by Crippen LogP contribution is 2.40. The average Bonchev–Trinajstić information content (AvgIpc) is 3.02. The Morgan fingerprint density at radius 1 is 1.04 bits per heavy atom. The highest BCUT2D eigenvalue weighted by Gasteiger charge is 2.25. The molecule has 0 fully saturated rings. The fourth-order valence-electron chi connectivity index (χ4n) is 3.27. The lowest BCUT2D eigenvalue weighted by Gasteiger charge is -2.29. The highest BCUT2D eigenvalue weighted by atomic mass is 15.6. The summed E-state index contributed by atoms with van der Waals surface area (Å²) in [4.78, 5) is 4.15. The van der Waals surface area contributed by atoms with E-state index in [4.69, 9.17) is 0 Å². The standard InChI is InChI=1S/C18H19N5/c1-3-22-12-13-8-4-5-9-14(13)17-18(23(19-2)21-20-17)15-10-6-7-11-16(15)22/h4-11,19H,3,12H2,1-2H3. The van der Waals surface area contributed by atoms with Crippen LogP contribution in [0.4, 0.5) is 5.69 Å². The first-order valence-electron chi connectivity index (χ1n) is 7.89. The van der Waals surface area contributed by atoms with Gasteiger partial charge in [0.1, 0.15) is 11.4 Å². The van der Waals surface area contributed by atoms with Gasteiger partial charge in [-0.25, -0.2) is 0 Å². The van der Waals surface area contributed by atoms with Gasteiger partial charge in [-0.2, -0.15) is 4.79 Å². The van der Waals surface area contributed by atoms with Gasteiger partial charge in [0.2, 0.25) is 0 Å². The van der Waals surface area contributed by atoms with Crippen LogP contribution in [0.1, 0.15) is 12.5 Å². The summed E-state index contributed by atoms with van der Waals surface area (Å²) in [7, 11) is 1.86. The third-order valence-corrected chi connectivity index (χ3v) is 4.40. The van der Waals surface area contributed by atoms with E-state index in [1.165, 1.54) is 11.3 Å². The van der Waals surface area contributed by atoms with Crippen LogP contribution in [0.25, 0.3) is 22.5 Å². The Balaban J connectivity index is 2.09. The van der Waals surface area contributed by atoms with Crippen molar-refractivity contribution in [3.63, 3.8) is 0 Å². The number of rotatable bonds is 2. The van der Waals surface area contributed by atoms with Crippen molar-refractivity contribution < 1.29 is 0 Å². The molecule has 5 heteroatoms. The van der Waals surface area contributed by atoms with Crippen molar-refractivity contribution in [1.29, 1.82) is 0 Å². The van der Waals surface area contributed by atoms with Gasteiger partial charge in [-0.3, -0.25) is 0 Å². The van der Waals surface area contributed by atoms with E-state index in [0.717, 1.165) is 35.6 Å². The summed E-state index contributed by atoms with van der Waals surface area (Å²) in [6.07, 6.45) is 0. The molecule has 1 aliphatic rings. The molecule has 1 N–H and O–H groups in total. The second-order valence-electron chi connectivity index (χ2n) is 5.61. The number of aromatic nitrogens is 3. The van der Waals surface area contributed by atoms with Gasteiger partial charge >= 0.3 is 0 Å². The molecule has 1 aliphatic heterocycles. The quantitative estimate of drug-likeness (QED) is 0.790. The van der Waals surface area contributed by atoms with Crippen LogP contribution in [0, 0.1) is 0 Å². The lowest BCUT2D eigenvalue weighted by Crippen LogP contribution is -2.24. The number of para-hydroxylation sites is 1. The van der Waals surface area contributed by atoms with Crippen LogP contribution in [0.15, 0.2) is 48.5 Å². The Morgan fingerprint density at radius 2 is 1.78 bits per heavy atom. The number of nitrogens with one attached hydrogen (secondary N) is 1. The number of anilines is 1. The van der Waals surface area contributed by atoms with Gasteiger partial charge in [0.15, 0.2) is 0 Å². The molecule has 0 atom stereocenters. The van der Waals surface area contributed by atoms with Gasteiger partial charge in [-0.15, -0.1) is 5.10 Å². The van der Waals surface area contributed by atoms with Crippen LogP contribution in [-0.4, -0.2) is 28.7 Å². The van der Waals surface area contributed by atoms with Crippen molar-refractivity contribution in [2.45, 2.75) is 13.5 Å². The lowest BCUT2D eigenvalue weighted by molar-refractivity contribution is 0.734. The van der Waals surface area contributed by atoms with Gasteiger partial charge in [0.25, 0.3) is 0 Å². The van der Waals surface area contributed by atoms with Gasteiger partial charge < -0.3 is 10.3 Å². The van der Waals surface area contributed by atoms with Crippen molar-refractivity contribution >= 4 is 5.69 Å². The number of nitrogens with zero attached hydrogens (tertiary/aromatic N) is 4.